The van der Waals surface area contributed by atoms with E-state index in [1.807, 2.05) is 0 Å². The highest BCUT2D eigenvalue weighted by Gasteiger charge is 2.18. The van der Waals surface area contributed by atoms with Gasteiger partial charge < -0.3 is 9.73 Å². The highest BCUT2D eigenvalue weighted by Crippen LogP contribution is 2.27. The number of aromatic nitrogens is 5. The molecule has 174 valence electrons. The van der Waals surface area contributed by atoms with Gasteiger partial charge in [-0.2, -0.15) is 0 Å². The summed E-state index contributed by atoms with van der Waals surface area (Å²) < 4.78 is 21.7. The number of carbonyl (C=O) groups is 2. The summed E-state index contributed by atoms with van der Waals surface area (Å²) in [6.07, 6.45) is 6.67. The summed E-state index contributed by atoms with van der Waals surface area (Å²) in [5.74, 6) is -0.235. The highest BCUT2D eigenvalue weighted by molar-refractivity contribution is 6.03. The number of hydrogen-bond acceptors (Lipinski definition) is 7. The number of nitrogens with one attached hydrogen (secondary N) is 1. The van der Waals surface area contributed by atoms with Crippen LogP contribution in [-0.4, -0.2) is 36.0 Å². The molecule has 0 spiro atoms. The molecule has 0 atom stereocenters. The molecule has 10 heteroatoms. The first kappa shape index (κ1) is 22.1. The van der Waals surface area contributed by atoms with Crippen molar-refractivity contribution in [2.24, 2.45) is 0 Å². The molecule has 35 heavy (non-hydrogen) atoms. The number of pyridine rings is 1. The van der Waals surface area contributed by atoms with Crippen molar-refractivity contribution < 1.29 is 18.4 Å². The SMILES string of the molecule is CC(=O)c1ccc(-c2cnc3nc(-c4cc(NC(=O)c5oc(C)nc5C)ccc4F)cn3c2)cn1. The fourth-order valence-electron chi connectivity index (χ4n) is 3.67. The van der Waals surface area contributed by atoms with Gasteiger partial charge in [0.15, 0.2) is 11.7 Å². The van der Waals surface area contributed by atoms with Crippen molar-refractivity contribution in [3.05, 3.63) is 84.0 Å². The van der Waals surface area contributed by atoms with Crippen LogP contribution in [0.3, 0.4) is 0 Å². The van der Waals surface area contributed by atoms with Gasteiger partial charge in [-0.05, 0) is 31.2 Å². The van der Waals surface area contributed by atoms with E-state index in [0.29, 0.717) is 34.4 Å². The molecular weight excluding hydrogens is 451 g/mol. The third kappa shape index (κ3) is 4.29. The van der Waals surface area contributed by atoms with Crippen molar-refractivity contribution in [2.75, 3.05) is 5.32 Å². The average Bonchev–Trinajstić information content (AvgIpc) is 3.42. The van der Waals surface area contributed by atoms with Crippen molar-refractivity contribution in [3.63, 3.8) is 0 Å². The fourth-order valence-corrected chi connectivity index (χ4v) is 3.67. The number of Topliss-reactive ketones (excluding diaryl/α,β-unsaturated/α-hetero) is 1. The van der Waals surface area contributed by atoms with Crippen LogP contribution < -0.4 is 5.32 Å². The Morgan fingerprint density at radius 2 is 1.80 bits per heavy atom. The van der Waals surface area contributed by atoms with Gasteiger partial charge >= 0.3 is 0 Å². The van der Waals surface area contributed by atoms with E-state index in [-0.39, 0.29) is 17.1 Å². The van der Waals surface area contributed by atoms with Gasteiger partial charge in [0.2, 0.25) is 11.5 Å². The molecule has 0 aliphatic heterocycles. The van der Waals surface area contributed by atoms with Crippen LogP contribution in [0.4, 0.5) is 10.1 Å². The molecule has 1 aromatic carbocycles. The number of aryl methyl sites for hydroxylation is 2. The van der Waals surface area contributed by atoms with Crippen LogP contribution in [0.5, 0.6) is 0 Å². The lowest BCUT2D eigenvalue weighted by Crippen LogP contribution is -2.12. The number of fused-ring (bicyclic) bond motifs is 1. The number of nitrogens with zero attached hydrogens (tertiary/aromatic N) is 5. The van der Waals surface area contributed by atoms with Gasteiger partial charge in [-0.15, -0.1) is 0 Å². The molecule has 0 fully saturated rings. The lowest BCUT2D eigenvalue weighted by atomic mass is 10.1. The number of ketones is 1. The zero-order chi connectivity index (χ0) is 24.7. The topological polar surface area (TPSA) is 115 Å². The summed E-state index contributed by atoms with van der Waals surface area (Å²) in [4.78, 5) is 41.1. The summed E-state index contributed by atoms with van der Waals surface area (Å²) in [7, 11) is 0. The number of halogens is 1. The maximum absolute atomic E-state index is 14.7. The third-order valence-electron chi connectivity index (χ3n) is 5.38. The minimum Gasteiger partial charge on any atom is -0.436 e. The first-order chi connectivity index (χ1) is 16.8. The van der Waals surface area contributed by atoms with Gasteiger partial charge in [0.25, 0.3) is 5.91 Å². The van der Waals surface area contributed by atoms with Crippen LogP contribution in [0, 0.1) is 19.7 Å². The minimum atomic E-state index is -0.498. The smallest absolute Gasteiger partial charge is 0.293 e. The first-order valence-electron chi connectivity index (χ1n) is 10.7. The van der Waals surface area contributed by atoms with Gasteiger partial charge in [-0.3, -0.25) is 19.0 Å². The lowest BCUT2D eigenvalue weighted by Gasteiger charge is -2.06. The second-order valence-electron chi connectivity index (χ2n) is 7.96. The van der Waals surface area contributed by atoms with Crippen LogP contribution in [0.15, 0.2) is 59.5 Å². The van der Waals surface area contributed by atoms with E-state index in [1.165, 1.54) is 25.1 Å². The van der Waals surface area contributed by atoms with Crippen LogP contribution in [-0.2, 0) is 0 Å². The molecule has 4 heterocycles. The van der Waals surface area contributed by atoms with Crippen molar-refractivity contribution in [2.45, 2.75) is 20.8 Å². The molecule has 9 nitrogen and oxygen atoms in total. The monoisotopic (exact) mass is 470 g/mol. The Balaban J connectivity index is 1.45. The van der Waals surface area contributed by atoms with E-state index in [0.717, 1.165) is 11.1 Å². The Bertz CT molecular complexity index is 1600. The van der Waals surface area contributed by atoms with Crippen LogP contribution >= 0.6 is 0 Å². The summed E-state index contributed by atoms with van der Waals surface area (Å²) in [6.45, 7) is 4.78. The van der Waals surface area contributed by atoms with Crippen molar-refractivity contribution >= 4 is 23.2 Å². The van der Waals surface area contributed by atoms with Gasteiger partial charge in [-0.1, -0.05) is 6.07 Å². The molecule has 4 aromatic heterocycles. The molecule has 0 radical (unpaired) electrons. The van der Waals surface area contributed by atoms with E-state index in [2.05, 4.69) is 25.3 Å². The van der Waals surface area contributed by atoms with Crippen LogP contribution in [0.25, 0.3) is 28.2 Å². The van der Waals surface area contributed by atoms with E-state index >= 15 is 0 Å². The van der Waals surface area contributed by atoms with Crippen molar-refractivity contribution in [3.8, 4) is 22.4 Å². The van der Waals surface area contributed by atoms with Gasteiger partial charge in [0, 0.05) is 61.0 Å². The number of amides is 1. The molecule has 1 N–H and O–H groups in total. The minimum absolute atomic E-state index is 0.101. The fraction of sp³-hybridized carbons (Fsp3) is 0.120. The molecule has 5 rings (SSSR count). The summed E-state index contributed by atoms with van der Waals surface area (Å²) in [5.41, 5.74) is 3.30. The molecule has 5 aromatic rings. The average molecular weight is 470 g/mol. The predicted octanol–water partition coefficient (Wildman–Crippen LogP) is 4.66. The van der Waals surface area contributed by atoms with Crippen molar-refractivity contribution in [1.29, 1.82) is 0 Å². The van der Waals surface area contributed by atoms with Crippen LogP contribution in [0.2, 0.25) is 0 Å². The number of hydrogen-bond donors (Lipinski definition) is 1. The Morgan fingerprint density at radius 3 is 2.49 bits per heavy atom. The van der Waals surface area contributed by atoms with E-state index in [1.54, 1.807) is 55.2 Å². The number of anilines is 1. The first-order valence-corrected chi connectivity index (χ1v) is 10.7. The Hall–Kier alpha value is -4.73. The second kappa shape index (κ2) is 8.56. The number of rotatable bonds is 5. The van der Waals surface area contributed by atoms with Gasteiger partial charge in [0.1, 0.15) is 11.5 Å². The number of oxazole rings is 1. The van der Waals surface area contributed by atoms with E-state index in [9.17, 15) is 14.0 Å². The van der Waals surface area contributed by atoms with Crippen LogP contribution in [0.1, 0.15) is 39.6 Å². The molecule has 0 aliphatic rings. The Kier molecular flexibility index (Phi) is 5.40. The molecule has 1 amide bonds. The Morgan fingerprint density at radius 1 is 1.00 bits per heavy atom. The second-order valence-corrected chi connectivity index (χ2v) is 7.96. The molecule has 0 unspecified atom stereocenters. The summed E-state index contributed by atoms with van der Waals surface area (Å²) in [5, 5.41) is 2.71. The number of carbonyl (C=O) groups excluding carboxylic acids is 2. The highest BCUT2D eigenvalue weighted by atomic mass is 19.1. The van der Waals surface area contributed by atoms with Gasteiger partial charge in [-0.25, -0.2) is 19.3 Å². The Labute approximate surface area is 198 Å². The standard InChI is InChI=1S/C25H19FN6O3/c1-13-23(35-15(3)29-13)24(34)30-18-5-6-20(26)19(8-18)22-12-32-11-17(10-28-25(32)31-22)16-4-7-21(14(2)33)27-9-16/h4-12H,1-3H3,(H,30,34). The lowest BCUT2D eigenvalue weighted by molar-refractivity contribution is 0.0991. The van der Waals surface area contributed by atoms with Gasteiger partial charge in [0.05, 0.1) is 11.4 Å². The van der Waals surface area contributed by atoms with Crippen molar-refractivity contribution in [1.82, 2.24) is 24.3 Å². The zero-order valence-electron chi connectivity index (χ0n) is 19.0. The molecule has 0 aliphatic carbocycles. The summed E-state index contributed by atoms with van der Waals surface area (Å²) in [6, 6.07) is 7.65. The van der Waals surface area contributed by atoms with E-state index in [4.69, 9.17) is 4.42 Å². The predicted molar refractivity (Wildman–Crippen MR) is 126 cm³/mol. The largest absolute Gasteiger partial charge is 0.436 e. The molecule has 0 saturated heterocycles. The summed E-state index contributed by atoms with van der Waals surface area (Å²) >= 11 is 0. The zero-order valence-corrected chi connectivity index (χ0v) is 19.0. The normalized spacial score (nSPS) is 11.1. The quantitative estimate of drug-likeness (QED) is 0.372. The van der Waals surface area contributed by atoms with E-state index < -0.39 is 11.7 Å². The number of benzene rings is 1. The molecule has 0 bridgehead atoms. The molecular formula is C25H19FN6O3. The number of imidazole rings is 1. The maximum atomic E-state index is 14.7. The third-order valence-corrected chi connectivity index (χ3v) is 5.38. The molecule has 0 saturated carbocycles. The maximum Gasteiger partial charge on any atom is 0.293 e.